The predicted octanol–water partition coefficient (Wildman–Crippen LogP) is 2.42. The van der Waals surface area contributed by atoms with E-state index in [0.29, 0.717) is 0 Å². The van der Waals surface area contributed by atoms with Gasteiger partial charge in [-0.25, -0.2) is 0 Å². The van der Waals surface area contributed by atoms with Gasteiger partial charge in [0.25, 0.3) is 0 Å². The summed E-state index contributed by atoms with van der Waals surface area (Å²) in [5.41, 5.74) is 7.16. The smallest absolute Gasteiger partial charge is 0.174 e. The highest BCUT2D eigenvalue weighted by Crippen LogP contribution is 2.37. The second-order valence-corrected chi connectivity index (χ2v) is 6.34. The average molecular weight is 266 g/mol. The Morgan fingerprint density at radius 2 is 2.24 bits per heavy atom. The molecular weight excluding hydrogens is 252 g/mol. The predicted molar refractivity (Wildman–Crippen MR) is 71.1 cm³/mol. The number of rotatable bonds is 4. The van der Waals surface area contributed by atoms with Gasteiger partial charge >= 0.3 is 0 Å². The van der Waals surface area contributed by atoms with Gasteiger partial charge in [-0.3, -0.25) is 4.98 Å². The molecule has 4 nitrogen and oxygen atoms in total. The molecule has 2 rings (SSSR count). The van der Waals surface area contributed by atoms with E-state index in [2.05, 4.69) is 15.2 Å². The molecule has 0 aliphatic rings. The zero-order chi connectivity index (χ0) is 12.3. The van der Waals surface area contributed by atoms with Gasteiger partial charge in [-0.05, 0) is 25.5 Å². The van der Waals surface area contributed by atoms with Crippen LogP contribution in [0.3, 0.4) is 0 Å². The molecule has 2 heterocycles. The van der Waals surface area contributed by atoms with Crippen molar-refractivity contribution in [1.82, 2.24) is 15.2 Å². The molecule has 0 spiro atoms. The Morgan fingerprint density at radius 1 is 1.41 bits per heavy atom. The maximum atomic E-state index is 6.03. The molecule has 0 saturated carbocycles. The number of pyridine rings is 1. The summed E-state index contributed by atoms with van der Waals surface area (Å²) in [5.74, 6) is 0. The zero-order valence-electron chi connectivity index (χ0n) is 9.70. The van der Waals surface area contributed by atoms with Crippen molar-refractivity contribution in [3.8, 4) is 0 Å². The van der Waals surface area contributed by atoms with Gasteiger partial charge < -0.3 is 5.73 Å². The lowest BCUT2D eigenvalue weighted by Gasteiger charge is -2.18. The van der Waals surface area contributed by atoms with Gasteiger partial charge in [0.15, 0.2) is 4.34 Å². The highest BCUT2D eigenvalue weighted by Gasteiger charge is 2.19. The minimum atomic E-state index is 0.0356. The fourth-order valence-corrected chi connectivity index (χ4v) is 3.53. The molecule has 2 unspecified atom stereocenters. The number of nitrogens with two attached hydrogens (primary N) is 1. The van der Waals surface area contributed by atoms with Crippen LogP contribution in [0.15, 0.2) is 28.9 Å². The summed E-state index contributed by atoms with van der Waals surface area (Å²) >= 11 is 3.24. The Morgan fingerprint density at radius 3 is 2.76 bits per heavy atom. The van der Waals surface area contributed by atoms with Crippen LogP contribution in [0, 0.1) is 6.92 Å². The SMILES string of the molecule is Cc1nnc(SC(c2cccnc2)C(C)N)s1. The summed E-state index contributed by atoms with van der Waals surface area (Å²) in [7, 11) is 0. The molecule has 6 heteroatoms. The van der Waals surface area contributed by atoms with Gasteiger partial charge in [-0.2, -0.15) is 0 Å². The lowest BCUT2D eigenvalue weighted by atomic mass is 10.1. The Bertz CT molecular complexity index is 469. The van der Waals surface area contributed by atoms with Crippen molar-refractivity contribution in [3.63, 3.8) is 0 Å². The first-order valence-electron chi connectivity index (χ1n) is 5.29. The maximum absolute atomic E-state index is 6.03. The third-order valence-electron chi connectivity index (χ3n) is 2.23. The van der Waals surface area contributed by atoms with Crippen LogP contribution in [0.2, 0.25) is 0 Å². The fourth-order valence-electron chi connectivity index (χ4n) is 1.46. The average Bonchev–Trinajstić information content (AvgIpc) is 2.73. The molecular formula is C11H14N4S2. The Balaban J connectivity index is 2.19. The van der Waals surface area contributed by atoms with E-state index in [9.17, 15) is 0 Å². The van der Waals surface area contributed by atoms with Crippen LogP contribution in [0.5, 0.6) is 0 Å². The first kappa shape index (κ1) is 12.5. The van der Waals surface area contributed by atoms with Crippen LogP contribution in [0.25, 0.3) is 0 Å². The Hall–Kier alpha value is -0.980. The lowest BCUT2D eigenvalue weighted by Crippen LogP contribution is -2.22. The highest BCUT2D eigenvalue weighted by molar-refractivity contribution is 8.01. The van der Waals surface area contributed by atoms with E-state index in [1.165, 1.54) is 0 Å². The number of aryl methyl sites for hydroxylation is 1. The van der Waals surface area contributed by atoms with E-state index in [-0.39, 0.29) is 11.3 Å². The normalized spacial score (nSPS) is 14.5. The Kier molecular flexibility index (Phi) is 4.09. The van der Waals surface area contributed by atoms with Crippen molar-refractivity contribution in [2.45, 2.75) is 29.5 Å². The van der Waals surface area contributed by atoms with E-state index in [0.717, 1.165) is 14.9 Å². The topological polar surface area (TPSA) is 64.7 Å². The van der Waals surface area contributed by atoms with Crippen molar-refractivity contribution in [3.05, 3.63) is 35.1 Å². The number of nitrogens with zero attached hydrogens (tertiary/aromatic N) is 3. The van der Waals surface area contributed by atoms with Crippen LogP contribution in [-0.4, -0.2) is 21.2 Å². The van der Waals surface area contributed by atoms with Crippen LogP contribution in [0.1, 0.15) is 22.7 Å². The maximum Gasteiger partial charge on any atom is 0.174 e. The van der Waals surface area contributed by atoms with Gasteiger partial charge in [-0.1, -0.05) is 29.2 Å². The second-order valence-electron chi connectivity index (χ2n) is 3.77. The minimum Gasteiger partial charge on any atom is -0.327 e. The molecule has 2 atom stereocenters. The van der Waals surface area contributed by atoms with E-state index in [4.69, 9.17) is 5.73 Å². The molecule has 90 valence electrons. The standard InChI is InChI=1S/C11H14N4S2/c1-7(12)10(9-4-3-5-13-6-9)17-11-15-14-8(2)16-11/h3-7,10H,12H2,1-2H3. The monoisotopic (exact) mass is 266 g/mol. The molecule has 0 bridgehead atoms. The molecule has 2 aromatic heterocycles. The molecule has 0 fully saturated rings. The highest BCUT2D eigenvalue weighted by atomic mass is 32.2. The van der Waals surface area contributed by atoms with E-state index < -0.39 is 0 Å². The van der Waals surface area contributed by atoms with Gasteiger partial charge in [0.1, 0.15) is 5.01 Å². The van der Waals surface area contributed by atoms with Crippen LogP contribution >= 0.6 is 23.1 Å². The Labute approximate surface area is 109 Å². The number of hydrogen-bond acceptors (Lipinski definition) is 6. The molecule has 0 aliphatic carbocycles. The second kappa shape index (κ2) is 5.57. The molecule has 0 radical (unpaired) electrons. The molecule has 0 amide bonds. The summed E-state index contributed by atoms with van der Waals surface area (Å²) in [6.07, 6.45) is 3.62. The van der Waals surface area contributed by atoms with Crippen molar-refractivity contribution in [2.24, 2.45) is 5.73 Å². The van der Waals surface area contributed by atoms with E-state index in [1.807, 2.05) is 32.2 Å². The van der Waals surface area contributed by atoms with Crippen molar-refractivity contribution >= 4 is 23.1 Å². The van der Waals surface area contributed by atoms with Gasteiger partial charge in [0.05, 0.1) is 5.25 Å². The number of aromatic nitrogens is 3. The summed E-state index contributed by atoms with van der Waals surface area (Å²) in [4.78, 5) is 4.13. The molecule has 17 heavy (non-hydrogen) atoms. The van der Waals surface area contributed by atoms with Crippen LogP contribution < -0.4 is 5.73 Å². The quantitative estimate of drug-likeness (QED) is 0.861. The van der Waals surface area contributed by atoms with E-state index >= 15 is 0 Å². The minimum absolute atomic E-state index is 0.0356. The van der Waals surface area contributed by atoms with Crippen molar-refractivity contribution in [1.29, 1.82) is 0 Å². The molecule has 2 aromatic rings. The molecule has 0 saturated heterocycles. The first-order chi connectivity index (χ1) is 8.16. The molecule has 0 aromatic carbocycles. The van der Waals surface area contributed by atoms with Crippen LogP contribution in [0.4, 0.5) is 0 Å². The number of hydrogen-bond donors (Lipinski definition) is 1. The fraction of sp³-hybridized carbons (Fsp3) is 0.364. The summed E-state index contributed by atoms with van der Waals surface area (Å²) in [5, 5.41) is 9.27. The van der Waals surface area contributed by atoms with Crippen molar-refractivity contribution in [2.75, 3.05) is 0 Å². The van der Waals surface area contributed by atoms with Gasteiger partial charge in [-0.15, -0.1) is 10.2 Å². The summed E-state index contributed by atoms with van der Waals surface area (Å²) in [6.45, 7) is 3.95. The van der Waals surface area contributed by atoms with Crippen LogP contribution in [-0.2, 0) is 0 Å². The number of thioether (sulfide) groups is 1. The van der Waals surface area contributed by atoms with E-state index in [1.54, 1.807) is 29.3 Å². The lowest BCUT2D eigenvalue weighted by molar-refractivity contribution is 0.718. The molecule has 2 N–H and O–H groups in total. The van der Waals surface area contributed by atoms with Gasteiger partial charge in [0.2, 0.25) is 0 Å². The summed E-state index contributed by atoms with van der Waals surface area (Å²) < 4.78 is 0.952. The van der Waals surface area contributed by atoms with Gasteiger partial charge in [0, 0.05) is 18.4 Å². The molecule has 0 aliphatic heterocycles. The first-order valence-corrected chi connectivity index (χ1v) is 6.98. The third-order valence-corrected chi connectivity index (χ3v) is 4.64. The largest absolute Gasteiger partial charge is 0.327 e. The zero-order valence-corrected chi connectivity index (χ0v) is 11.3. The van der Waals surface area contributed by atoms with Crippen molar-refractivity contribution < 1.29 is 0 Å². The summed E-state index contributed by atoms with van der Waals surface area (Å²) in [6, 6.07) is 4.01. The third kappa shape index (κ3) is 3.24.